The smallest absolute Gasteiger partial charge is 0.0602 e. The molecule has 0 bridgehead atoms. The van der Waals surface area contributed by atoms with Crippen LogP contribution in [0.2, 0.25) is 0 Å². The molecular formula is C14H22N2. The molecule has 2 rings (SSSR count). The van der Waals surface area contributed by atoms with Crippen LogP contribution in [0.3, 0.4) is 0 Å². The second-order valence-electron chi connectivity index (χ2n) is 5.82. The minimum absolute atomic E-state index is 0.221. The van der Waals surface area contributed by atoms with Crippen molar-refractivity contribution in [1.82, 2.24) is 0 Å². The molecular weight excluding hydrogens is 196 g/mol. The number of benzene rings is 1. The minimum atomic E-state index is 0.221. The summed E-state index contributed by atoms with van der Waals surface area (Å²) in [4.78, 5) is 2.35. The second kappa shape index (κ2) is 3.69. The van der Waals surface area contributed by atoms with E-state index >= 15 is 0 Å². The first-order valence-electron chi connectivity index (χ1n) is 6.01. The van der Waals surface area contributed by atoms with Crippen LogP contribution in [0, 0.1) is 0 Å². The van der Waals surface area contributed by atoms with Crippen LogP contribution in [-0.4, -0.2) is 19.6 Å². The molecule has 2 heteroatoms. The molecule has 16 heavy (non-hydrogen) atoms. The fourth-order valence-corrected chi connectivity index (χ4v) is 2.08. The number of rotatable bonds is 0. The molecule has 0 aromatic heterocycles. The highest BCUT2D eigenvalue weighted by molar-refractivity contribution is 5.73. The number of nitrogens with zero attached hydrogens (tertiary/aromatic N) is 1. The molecule has 1 aromatic rings. The molecule has 1 atom stereocenters. The summed E-state index contributed by atoms with van der Waals surface area (Å²) < 4.78 is 0. The number of hydrogen-bond donors (Lipinski definition) is 1. The Balaban J connectivity index is 2.41. The fraction of sp³-hybridized carbons (Fsp3) is 0.571. The van der Waals surface area contributed by atoms with E-state index in [0.717, 1.165) is 6.54 Å². The van der Waals surface area contributed by atoms with Crippen molar-refractivity contribution in [2.24, 2.45) is 0 Å². The van der Waals surface area contributed by atoms with Crippen LogP contribution in [-0.2, 0) is 5.41 Å². The molecule has 1 aromatic carbocycles. The van der Waals surface area contributed by atoms with Crippen molar-refractivity contribution in [3.05, 3.63) is 23.8 Å². The van der Waals surface area contributed by atoms with Gasteiger partial charge in [0.1, 0.15) is 0 Å². The van der Waals surface area contributed by atoms with Crippen LogP contribution in [0.15, 0.2) is 18.2 Å². The van der Waals surface area contributed by atoms with Crippen molar-refractivity contribution < 1.29 is 0 Å². The lowest BCUT2D eigenvalue weighted by Gasteiger charge is -2.35. The van der Waals surface area contributed by atoms with Gasteiger partial charge in [0.25, 0.3) is 0 Å². The van der Waals surface area contributed by atoms with Gasteiger partial charge in [0, 0.05) is 19.6 Å². The van der Waals surface area contributed by atoms with Crippen molar-refractivity contribution in [3.8, 4) is 0 Å². The van der Waals surface area contributed by atoms with Crippen LogP contribution in [0.1, 0.15) is 33.3 Å². The van der Waals surface area contributed by atoms with Crippen molar-refractivity contribution in [1.29, 1.82) is 0 Å². The summed E-state index contributed by atoms with van der Waals surface area (Å²) in [5.74, 6) is 0. The molecule has 0 fully saturated rings. The van der Waals surface area contributed by atoms with E-state index in [4.69, 9.17) is 0 Å². The quantitative estimate of drug-likeness (QED) is 0.719. The number of anilines is 2. The third-order valence-corrected chi connectivity index (χ3v) is 3.49. The highest BCUT2D eigenvalue weighted by Crippen LogP contribution is 2.34. The average Bonchev–Trinajstić information content (AvgIpc) is 2.22. The maximum atomic E-state index is 3.51. The Kier molecular flexibility index (Phi) is 2.61. The van der Waals surface area contributed by atoms with Gasteiger partial charge in [0.05, 0.1) is 11.4 Å². The summed E-state index contributed by atoms with van der Waals surface area (Å²) in [6.45, 7) is 10.0. The molecule has 2 nitrogen and oxygen atoms in total. The molecule has 1 unspecified atom stereocenters. The van der Waals surface area contributed by atoms with Crippen LogP contribution < -0.4 is 10.2 Å². The van der Waals surface area contributed by atoms with E-state index in [-0.39, 0.29) is 5.41 Å². The van der Waals surface area contributed by atoms with E-state index in [0.29, 0.717) is 6.04 Å². The Hall–Kier alpha value is -1.18. The normalized spacial score (nSPS) is 20.3. The van der Waals surface area contributed by atoms with E-state index < -0.39 is 0 Å². The Morgan fingerprint density at radius 3 is 2.62 bits per heavy atom. The van der Waals surface area contributed by atoms with Gasteiger partial charge in [-0.05, 0) is 30.0 Å². The van der Waals surface area contributed by atoms with Crippen LogP contribution >= 0.6 is 0 Å². The zero-order chi connectivity index (χ0) is 11.9. The zero-order valence-corrected chi connectivity index (χ0v) is 11.0. The van der Waals surface area contributed by atoms with E-state index in [1.165, 1.54) is 16.9 Å². The maximum absolute atomic E-state index is 3.51. The molecule has 0 spiro atoms. The van der Waals surface area contributed by atoms with Gasteiger partial charge in [-0.1, -0.05) is 26.8 Å². The summed E-state index contributed by atoms with van der Waals surface area (Å²) in [7, 11) is 2.17. The first-order valence-corrected chi connectivity index (χ1v) is 6.01. The minimum Gasteiger partial charge on any atom is -0.381 e. The third-order valence-electron chi connectivity index (χ3n) is 3.49. The van der Waals surface area contributed by atoms with Gasteiger partial charge in [0.15, 0.2) is 0 Å². The number of fused-ring (bicyclic) bond motifs is 1. The lowest BCUT2D eigenvalue weighted by molar-refractivity contribution is 0.589. The maximum Gasteiger partial charge on any atom is 0.0602 e. The van der Waals surface area contributed by atoms with Crippen molar-refractivity contribution in [2.45, 2.75) is 39.2 Å². The van der Waals surface area contributed by atoms with E-state index in [2.05, 4.69) is 63.2 Å². The van der Waals surface area contributed by atoms with Gasteiger partial charge in [-0.25, -0.2) is 0 Å². The first-order chi connectivity index (χ1) is 7.39. The molecule has 88 valence electrons. The fourth-order valence-electron chi connectivity index (χ4n) is 2.08. The van der Waals surface area contributed by atoms with E-state index in [1.54, 1.807) is 0 Å². The Labute approximate surface area is 98.7 Å². The highest BCUT2D eigenvalue weighted by atomic mass is 15.2. The first kappa shape index (κ1) is 11.3. The van der Waals surface area contributed by atoms with Crippen LogP contribution in [0.25, 0.3) is 0 Å². The lowest BCUT2D eigenvalue weighted by Crippen LogP contribution is -2.39. The molecule has 0 amide bonds. The zero-order valence-electron chi connectivity index (χ0n) is 11.0. The molecule has 1 aliphatic heterocycles. The van der Waals surface area contributed by atoms with E-state index in [1.807, 2.05) is 0 Å². The Morgan fingerprint density at radius 1 is 1.31 bits per heavy atom. The second-order valence-corrected chi connectivity index (χ2v) is 5.82. The number of hydrogen-bond acceptors (Lipinski definition) is 2. The van der Waals surface area contributed by atoms with Gasteiger partial charge in [-0.15, -0.1) is 0 Å². The monoisotopic (exact) mass is 218 g/mol. The summed E-state index contributed by atoms with van der Waals surface area (Å²) in [5, 5.41) is 3.51. The Bertz CT molecular complexity index is 390. The molecule has 1 aliphatic rings. The summed E-state index contributed by atoms with van der Waals surface area (Å²) in [6.07, 6.45) is 0. The molecule has 1 heterocycles. The van der Waals surface area contributed by atoms with Crippen LogP contribution in [0.4, 0.5) is 11.4 Å². The standard InChI is InChI=1S/C14H22N2/c1-10-9-15-12-8-11(14(2,3)4)6-7-13(12)16(10)5/h6-8,10,15H,9H2,1-5H3. The van der Waals surface area contributed by atoms with Gasteiger partial charge in [-0.2, -0.15) is 0 Å². The van der Waals surface area contributed by atoms with E-state index in [9.17, 15) is 0 Å². The predicted octanol–water partition coefficient (Wildman–Crippen LogP) is 3.23. The number of nitrogens with one attached hydrogen (secondary N) is 1. The van der Waals surface area contributed by atoms with Crippen molar-refractivity contribution in [2.75, 3.05) is 23.8 Å². The molecule has 0 radical (unpaired) electrons. The van der Waals surface area contributed by atoms with Crippen molar-refractivity contribution in [3.63, 3.8) is 0 Å². The Morgan fingerprint density at radius 2 is 2.00 bits per heavy atom. The topological polar surface area (TPSA) is 15.3 Å². The number of likely N-dealkylation sites (N-methyl/N-ethyl adjacent to an activating group) is 1. The van der Waals surface area contributed by atoms with Gasteiger partial charge in [-0.3, -0.25) is 0 Å². The summed E-state index contributed by atoms with van der Waals surface area (Å²) in [5.41, 5.74) is 4.19. The average molecular weight is 218 g/mol. The third kappa shape index (κ3) is 1.89. The largest absolute Gasteiger partial charge is 0.381 e. The SMILES string of the molecule is CC1CNc2cc(C(C)(C)C)ccc2N1C. The highest BCUT2D eigenvalue weighted by Gasteiger charge is 2.21. The van der Waals surface area contributed by atoms with Gasteiger partial charge < -0.3 is 10.2 Å². The molecule has 0 aliphatic carbocycles. The van der Waals surface area contributed by atoms with Gasteiger partial charge >= 0.3 is 0 Å². The van der Waals surface area contributed by atoms with Crippen molar-refractivity contribution >= 4 is 11.4 Å². The van der Waals surface area contributed by atoms with Gasteiger partial charge in [0.2, 0.25) is 0 Å². The summed E-state index contributed by atoms with van der Waals surface area (Å²) >= 11 is 0. The van der Waals surface area contributed by atoms with Crippen LogP contribution in [0.5, 0.6) is 0 Å². The lowest BCUT2D eigenvalue weighted by atomic mass is 9.86. The molecule has 0 saturated carbocycles. The molecule has 0 saturated heterocycles. The predicted molar refractivity (Wildman–Crippen MR) is 71.5 cm³/mol. The molecule has 1 N–H and O–H groups in total. The summed E-state index contributed by atoms with van der Waals surface area (Å²) in [6, 6.07) is 7.33.